The predicted molar refractivity (Wildman–Crippen MR) is 79.2 cm³/mol. The minimum atomic E-state index is -4.43. The maximum atomic E-state index is 12.7. The molecule has 2 aliphatic rings. The molecule has 5 nitrogen and oxygen atoms in total. The highest BCUT2D eigenvalue weighted by molar-refractivity contribution is 5.40. The van der Waals surface area contributed by atoms with Gasteiger partial charge in [0.05, 0.1) is 0 Å². The van der Waals surface area contributed by atoms with E-state index in [2.05, 4.69) is 14.9 Å². The van der Waals surface area contributed by atoms with Crippen molar-refractivity contribution in [3.63, 3.8) is 0 Å². The number of piperazine rings is 1. The molecule has 0 N–H and O–H groups in total. The molecule has 0 unspecified atom stereocenters. The van der Waals surface area contributed by atoms with E-state index in [4.69, 9.17) is 4.74 Å². The summed E-state index contributed by atoms with van der Waals surface area (Å²) in [6, 6.07) is 1.04. The van der Waals surface area contributed by atoms with Gasteiger partial charge in [0.2, 0.25) is 0 Å². The van der Waals surface area contributed by atoms with Crippen LogP contribution in [0.2, 0.25) is 0 Å². The number of alkyl halides is 3. The van der Waals surface area contributed by atoms with Crippen molar-refractivity contribution >= 4 is 5.82 Å². The van der Waals surface area contributed by atoms with Gasteiger partial charge in [0.25, 0.3) is 0 Å². The number of hydrogen-bond acceptors (Lipinski definition) is 5. The van der Waals surface area contributed by atoms with Gasteiger partial charge in [-0.25, -0.2) is 9.97 Å². The van der Waals surface area contributed by atoms with Crippen LogP contribution in [-0.4, -0.2) is 60.8 Å². The van der Waals surface area contributed by atoms with Crippen LogP contribution in [0.5, 0.6) is 0 Å². The summed E-state index contributed by atoms with van der Waals surface area (Å²) in [5, 5.41) is 0. The minimum absolute atomic E-state index is 0.359. The number of ether oxygens (including phenoxy) is 1. The summed E-state index contributed by atoms with van der Waals surface area (Å²) in [5.41, 5.74) is -0.882. The Balaban J connectivity index is 1.54. The van der Waals surface area contributed by atoms with E-state index in [1.807, 2.05) is 4.90 Å². The second-order valence-corrected chi connectivity index (χ2v) is 6.10. The average Bonchev–Trinajstić information content (AvgIpc) is 2.56. The van der Waals surface area contributed by atoms with Crippen LogP contribution < -0.4 is 4.90 Å². The highest BCUT2D eigenvalue weighted by Crippen LogP contribution is 2.29. The number of halogens is 3. The monoisotopic (exact) mass is 330 g/mol. The Hall–Kier alpha value is -1.41. The standard InChI is InChI=1S/C15H21F3N4O/c16-15(17,18)13-9-14(20-11-19-13)22-5-3-21(4-6-22)10-12-1-7-23-8-2-12/h9,11-12H,1-8,10H2. The van der Waals surface area contributed by atoms with Gasteiger partial charge >= 0.3 is 6.18 Å². The molecule has 0 radical (unpaired) electrons. The van der Waals surface area contributed by atoms with Crippen molar-refractivity contribution in [3.8, 4) is 0 Å². The van der Waals surface area contributed by atoms with Crippen molar-refractivity contribution in [1.82, 2.24) is 14.9 Å². The molecule has 3 rings (SSSR count). The van der Waals surface area contributed by atoms with Crippen molar-refractivity contribution in [2.75, 3.05) is 50.8 Å². The fourth-order valence-electron chi connectivity index (χ4n) is 3.13. The number of nitrogens with zero attached hydrogens (tertiary/aromatic N) is 4. The van der Waals surface area contributed by atoms with Crippen LogP contribution in [0.3, 0.4) is 0 Å². The average molecular weight is 330 g/mol. The van der Waals surface area contributed by atoms with Crippen molar-refractivity contribution in [2.24, 2.45) is 5.92 Å². The quantitative estimate of drug-likeness (QED) is 0.848. The first kappa shape index (κ1) is 16.4. The summed E-state index contributed by atoms with van der Waals surface area (Å²) in [7, 11) is 0. The maximum Gasteiger partial charge on any atom is 0.433 e. The zero-order valence-corrected chi connectivity index (χ0v) is 12.9. The third-order valence-corrected chi connectivity index (χ3v) is 4.50. The summed E-state index contributed by atoms with van der Waals surface area (Å²) in [5.74, 6) is 1.03. The predicted octanol–water partition coefficient (Wildman–Crippen LogP) is 2.04. The van der Waals surface area contributed by atoms with E-state index in [0.717, 1.165) is 58.1 Å². The van der Waals surface area contributed by atoms with Crippen LogP contribution in [0.25, 0.3) is 0 Å². The van der Waals surface area contributed by atoms with E-state index in [-0.39, 0.29) is 0 Å². The van der Waals surface area contributed by atoms with Crippen LogP contribution in [0.4, 0.5) is 19.0 Å². The zero-order chi connectivity index (χ0) is 16.3. The lowest BCUT2D eigenvalue weighted by Gasteiger charge is -2.37. The van der Waals surface area contributed by atoms with Crippen molar-refractivity contribution < 1.29 is 17.9 Å². The second-order valence-electron chi connectivity index (χ2n) is 6.10. The lowest BCUT2D eigenvalue weighted by atomic mass is 9.99. The summed E-state index contributed by atoms with van der Waals surface area (Å²) >= 11 is 0. The van der Waals surface area contributed by atoms with Gasteiger partial charge in [0.1, 0.15) is 17.8 Å². The Bertz CT molecular complexity index is 512. The maximum absolute atomic E-state index is 12.7. The molecule has 8 heteroatoms. The van der Waals surface area contributed by atoms with E-state index in [9.17, 15) is 13.2 Å². The molecule has 0 aromatic carbocycles. The molecule has 2 saturated heterocycles. The molecule has 0 spiro atoms. The Morgan fingerprint density at radius 1 is 1.09 bits per heavy atom. The van der Waals surface area contributed by atoms with E-state index < -0.39 is 11.9 Å². The van der Waals surface area contributed by atoms with E-state index >= 15 is 0 Å². The molecule has 2 fully saturated rings. The summed E-state index contributed by atoms with van der Waals surface area (Å²) in [6.07, 6.45) is -1.24. The number of aromatic nitrogens is 2. The summed E-state index contributed by atoms with van der Waals surface area (Å²) in [4.78, 5) is 11.6. The van der Waals surface area contributed by atoms with Gasteiger partial charge in [-0.1, -0.05) is 0 Å². The zero-order valence-electron chi connectivity index (χ0n) is 12.9. The van der Waals surface area contributed by atoms with E-state index in [1.54, 1.807) is 0 Å². The Labute approximate surface area is 133 Å². The van der Waals surface area contributed by atoms with Gasteiger partial charge in [-0.2, -0.15) is 13.2 Å². The number of anilines is 1. The first-order valence-corrected chi connectivity index (χ1v) is 7.96. The van der Waals surface area contributed by atoms with Gasteiger partial charge in [0, 0.05) is 52.0 Å². The number of hydrogen-bond donors (Lipinski definition) is 0. The molecule has 128 valence electrons. The van der Waals surface area contributed by atoms with Crippen LogP contribution >= 0.6 is 0 Å². The first-order valence-electron chi connectivity index (χ1n) is 7.96. The third-order valence-electron chi connectivity index (χ3n) is 4.50. The molecule has 1 aromatic rings. The van der Waals surface area contributed by atoms with Gasteiger partial charge in [-0.3, -0.25) is 4.90 Å². The van der Waals surface area contributed by atoms with Crippen molar-refractivity contribution in [3.05, 3.63) is 18.1 Å². The fourth-order valence-corrected chi connectivity index (χ4v) is 3.13. The molecule has 2 aliphatic heterocycles. The molecule has 0 amide bonds. The van der Waals surface area contributed by atoms with E-state index in [1.165, 1.54) is 0 Å². The molecule has 23 heavy (non-hydrogen) atoms. The van der Waals surface area contributed by atoms with E-state index in [0.29, 0.717) is 24.8 Å². The highest BCUT2D eigenvalue weighted by atomic mass is 19.4. The summed E-state index contributed by atoms with van der Waals surface area (Å²) < 4.78 is 43.6. The van der Waals surface area contributed by atoms with Gasteiger partial charge < -0.3 is 9.64 Å². The minimum Gasteiger partial charge on any atom is -0.381 e. The Morgan fingerprint density at radius 3 is 2.43 bits per heavy atom. The topological polar surface area (TPSA) is 41.5 Å². The molecule has 0 saturated carbocycles. The molecular weight excluding hydrogens is 309 g/mol. The Morgan fingerprint density at radius 2 is 1.78 bits per heavy atom. The molecule has 1 aromatic heterocycles. The van der Waals surface area contributed by atoms with Gasteiger partial charge in [-0.15, -0.1) is 0 Å². The molecule has 0 atom stereocenters. The van der Waals surface area contributed by atoms with Crippen LogP contribution in [0.1, 0.15) is 18.5 Å². The lowest BCUT2D eigenvalue weighted by Crippen LogP contribution is -2.48. The molecule has 3 heterocycles. The smallest absolute Gasteiger partial charge is 0.381 e. The summed E-state index contributed by atoms with van der Waals surface area (Å²) in [6.45, 7) is 5.81. The molecule has 0 aliphatic carbocycles. The molecular formula is C15H21F3N4O. The third kappa shape index (κ3) is 4.32. The van der Waals surface area contributed by atoms with Crippen molar-refractivity contribution in [2.45, 2.75) is 19.0 Å². The molecule has 0 bridgehead atoms. The SMILES string of the molecule is FC(F)(F)c1cc(N2CCN(CC3CCOCC3)CC2)ncn1. The van der Waals surface area contributed by atoms with Crippen LogP contribution in [-0.2, 0) is 10.9 Å². The lowest BCUT2D eigenvalue weighted by molar-refractivity contribution is -0.141. The number of rotatable bonds is 3. The van der Waals surface area contributed by atoms with Crippen LogP contribution in [0, 0.1) is 5.92 Å². The largest absolute Gasteiger partial charge is 0.433 e. The second kappa shape index (κ2) is 7.00. The van der Waals surface area contributed by atoms with Gasteiger partial charge in [-0.05, 0) is 18.8 Å². The van der Waals surface area contributed by atoms with Gasteiger partial charge in [0.15, 0.2) is 0 Å². The van der Waals surface area contributed by atoms with Crippen molar-refractivity contribution in [1.29, 1.82) is 0 Å². The van der Waals surface area contributed by atoms with Crippen LogP contribution in [0.15, 0.2) is 12.4 Å². The normalized spacial score (nSPS) is 21.6. The Kier molecular flexibility index (Phi) is 5.01. The first-order chi connectivity index (χ1) is 11.0. The fraction of sp³-hybridized carbons (Fsp3) is 0.733. The highest BCUT2D eigenvalue weighted by Gasteiger charge is 2.33.